The van der Waals surface area contributed by atoms with Crippen molar-refractivity contribution >= 4 is 11.5 Å². The van der Waals surface area contributed by atoms with Crippen molar-refractivity contribution in [1.29, 1.82) is 0 Å². The van der Waals surface area contributed by atoms with E-state index in [9.17, 15) is 4.39 Å². The lowest BCUT2D eigenvalue weighted by Crippen LogP contribution is -2.35. The molecule has 0 spiro atoms. The molecule has 1 aliphatic heterocycles. The van der Waals surface area contributed by atoms with Gasteiger partial charge in [-0.15, -0.1) is 0 Å². The number of benzene rings is 1. The average molecular weight is 330 g/mol. The number of hydrogen-bond acceptors (Lipinski definition) is 5. The molecule has 3 rings (SSSR count). The van der Waals surface area contributed by atoms with E-state index in [1.54, 1.807) is 18.2 Å². The number of nitrogens with zero attached hydrogens (tertiary/aromatic N) is 2. The van der Waals surface area contributed by atoms with E-state index < -0.39 is 0 Å². The molecule has 128 valence electrons. The number of anilines is 2. The van der Waals surface area contributed by atoms with Crippen molar-refractivity contribution in [2.45, 2.75) is 25.5 Å². The number of hydrogen-bond donors (Lipinski definition) is 2. The van der Waals surface area contributed by atoms with Crippen molar-refractivity contribution in [3.05, 3.63) is 47.8 Å². The topological polar surface area (TPSA) is 63.4 Å². The molecule has 0 atom stereocenters. The number of nitrogens with two attached hydrogens (primary N) is 1. The molecule has 24 heavy (non-hydrogen) atoms. The number of halogens is 1. The van der Waals surface area contributed by atoms with Crippen molar-refractivity contribution in [2.24, 2.45) is 0 Å². The first-order chi connectivity index (χ1) is 11.6. The third-order valence-corrected chi connectivity index (χ3v) is 4.22. The van der Waals surface area contributed by atoms with Gasteiger partial charge in [0.1, 0.15) is 17.7 Å². The minimum Gasteiger partial charge on any atom is -0.473 e. The predicted octanol–water partition coefficient (Wildman–Crippen LogP) is 2.89. The highest BCUT2D eigenvalue weighted by Gasteiger charge is 2.19. The SMILES string of the molecule is CN1CCC(Oc2nc(NCc3ccc(F)cc3)ccc2N)CC1. The van der Waals surface area contributed by atoms with Crippen molar-refractivity contribution < 1.29 is 9.13 Å². The molecule has 1 aromatic carbocycles. The molecule has 0 aliphatic carbocycles. The highest BCUT2D eigenvalue weighted by Crippen LogP contribution is 2.25. The van der Waals surface area contributed by atoms with Gasteiger partial charge in [0.2, 0.25) is 5.88 Å². The van der Waals surface area contributed by atoms with E-state index in [2.05, 4.69) is 22.2 Å². The monoisotopic (exact) mass is 330 g/mol. The van der Waals surface area contributed by atoms with Gasteiger partial charge in [0, 0.05) is 19.6 Å². The maximum absolute atomic E-state index is 12.9. The summed E-state index contributed by atoms with van der Waals surface area (Å²) in [7, 11) is 2.11. The molecule has 1 fully saturated rings. The Morgan fingerprint density at radius 2 is 1.92 bits per heavy atom. The zero-order valence-corrected chi connectivity index (χ0v) is 13.8. The van der Waals surface area contributed by atoms with E-state index in [0.29, 0.717) is 23.9 Å². The average Bonchev–Trinajstić information content (AvgIpc) is 2.59. The fraction of sp³-hybridized carbons (Fsp3) is 0.389. The predicted molar refractivity (Wildman–Crippen MR) is 93.5 cm³/mol. The smallest absolute Gasteiger partial charge is 0.239 e. The normalized spacial score (nSPS) is 16.1. The zero-order valence-electron chi connectivity index (χ0n) is 13.8. The second-order valence-electron chi connectivity index (χ2n) is 6.19. The minimum atomic E-state index is -0.238. The number of rotatable bonds is 5. The summed E-state index contributed by atoms with van der Waals surface area (Å²) < 4.78 is 18.9. The van der Waals surface area contributed by atoms with Crippen LogP contribution in [0, 0.1) is 5.82 Å². The summed E-state index contributed by atoms with van der Waals surface area (Å²) in [6.07, 6.45) is 2.11. The van der Waals surface area contributed by atoms with Crippen LogP contribution < -0.4 is 15.8 Å². The third kappa shape index (κ3) is 4.35. The molecular formula is C18H23FN4O. The maximum Gasteiger partial charge on any atom is 0.239 e. The zero-order chi connectivity index (χ0) is 16.9. The van der Waals surface area contributed by atoms with Crippen LogP contribution >= 0.6 is 0 Å². The number of aromatic nitrogens is 1. The standard InChI is InChI=1S/C18H23FN4O/c1-23-10-8-15(9-11-23)24-18-16(20)6-7-17(22-18)21-12-13-2-4-14(19)5-3-13/h2-7,15H,8-12,20H2,1H3,(H,21,22). The Kier molecular flexibility index (Phi) is 5.15. The van der Waals surface area contributed by atoms with Gasteiger partial charge in [-0.25, -0.2) is 4.39 Å². The van der Waals surface area contributed by atoms with E-state index >= 15 is 0 Å². The van der Waals surface area contributed by atoms with Gasteiger partial charge in [-0.05, 0) is 49.7 Å². The largest absolute Gasteiger partial charge is 0.473 e. The maximum atomic E-state index is 12.9. The molecule has 0 amide bonds. The quantitative estimate of drug-likeness (QED) is 0.882. The second-order valence-corrected chi connectivity index (χ2v) is 6.19. The van der Waals surface area contributed by atoms with Crippen LogP contribution in [0.5, 0.6) is 5.88 Å². The molecule has 2 aromatic rings. The summed E-state index contributed by atoms with van der Waals surface area (Å²) >= 11 is 0. The molecule has 6 heteroatoms. The van der Waals surface area contributed by atoms with Crippen LogP contribution in [-0.4, -0.2) is 36.1 Å². The van der Waals surface area contributed by atoms with Gasteiger partial charge in [-0.1, -0.05) is 12.1 Å². The molecule has 1 aromatic heterocycles. The van der Waals surface area contributed by atoms with Crippen molar-refractivity contribution in [1.82, 2.24) is 9.88 Å². The Morgan fingerprint density at radius 1 is 1.21 bits per heavy atom. The molecule has 2 heterocycles. The molecule has 0 saturated carbocycles. The highest BCUT2D eigenvalue weighted by molar-refractivity contribution is 5.53. The van der Waals surface area contributed by atoms with Crippen molar-refractivity contribution in [2.75, 3.05) is 31.2 Å². The number of pyridine rings is 1. The molecule has 0 radical (unpaired) electrons. The Morgan fingerprint density at radius 3 is 2.62 bits per heavy atom. The minimum absolute atomic E-state index is 0.156. The van der Waals surface area contributed by atoms with Gasteiger partial charge >= 0.3 is 0 Å². The van der Waals surface area contributed by atoms with Gasteiger partial charge < -0.3 is 20.7 Å². The number of ether oxygens (including phenoxy) is 1. The molecule has 0 unspecified atom stereocenters. The van der Waals surface area contributed by atoms with Crippen molar-refractivity contribution in [3.63, 3.8) is 0 Å². The second kappa shape index (κ2) is 7.49. The summed E-state index contributed by atoms with van der Waals surface area (Å²) in [4.78, 5) is 6.76. The first-order valence-corrected chi connectivity index (χ1v) is 8.20. The fourth-order valence-corrected chi connectivity index (χ4v) is 2.70. The number of likely N-dealkylation sites (tertiary alicyclic amines) is 1. The van der Waals surface area contributed by atoms with Gasteiger partial charge in [-0.3, -0.25) is 0 Å². The van der Waals surface area contributed by atoms with Crippen molar-refractivity contribution in [3.8, 4) is 5.88 Å². The molecule has 1 aliphatic rings. The third-order valence-electron chi connectivity index (χ3n) is 4.22. The lowest BCUT2D eigenvalue weighted by atomic mass is 10.1. The number of nitrogen functional groups attached to an aromatic ring is 1. The van der Waals surface area contributed by atoms with Crippen LogP contribution in [0.2, 0.25) is 0 Å². The van der Waals surface area contributed by atoms with Crippen LogP contribution in [0.1, 0.15) is 18.4 Å². The first-order valence-electron chi connectivity index (χ1n) is 8.20. The molecule has 5 nitrogen and oxygen atoms in total. The van der Waals surface area contributed by atoms with Crippen LogP contribution in [0.25, 0.3) is 0 Å². The Bertz CT molecular complexity index is 669. The van der Waals surface area contributed by atoms with Crippen LogP contribution in [-0.2, 0) is 6.54 Å². The van der Waals surface area contributed by atoms with Crippen LogP contribution in [0.15, 0.2) is 36.4 Å². The molecular weight excluding hydrogens is 307 g/mol. The first kappa shape index (κ1) is 16.5. The van der Waals surface area contributed by atoms with Gasteiger partial charge in [0.25, 0.3) is 0 Å². The number of nitrogens with one attached hydrogen (secondary N) is 1. The summed E-state index contributed by atoms with van der Waals surface area (Å²) in [6.45, 7) is 2.60. The van der Waals surface area contributed by atoms with Gasteiger partial charge in [-0.2, -0.15) is 4.98 Å². The van der Waals surface area contributed by atoms with Gasteiger partial charge in [0.15, 0.2) is 0 Å². The van der Waals surface area contributed by atoms with E-state index in [4.69, 9.17) is 10.5 Å². The Hall–Kier alpha value is -2.34. The fourth-order valence-electron chi connectivity index (χ4n) is 2.70. The highest BCUT2D eigenvalue weighted by atomic mass is 19.1. The van der Waals surface area contributed by atoms with E-state index in [0.717, 1.165) is 31.5 Å². The van der Waals surface area contributed by atoms with E-state index in [-0.39, 0.29) is 11.9 Å². The molecule has 3 N–H and O–H groups in total. The molecule has 0 bridgehead atoms. The number of piperidine rings is 1. The van der Waals surface area contributed by atoms with Crippen LogP contribution in [0.3, 0.4) is 0 Å². The summed E-state index contributed by atoms with van der Waals surface area (Å²) in [5, 5.41) is 3.21. The summed E-state index contributed by atoms with van der Waals surface area (Å²) in [5.41, 5.74) is 7.51. The van der Waals surface area contributed by atoms with Gasteiger partial charge in [0.05, 0.1) is 5.69 Å². The van der Waals surface area contributed by atoms with E-state index in [1.165, 1.54) is 12.1 Å². The van der Waals surface area contributed by atoms with Crippen LogP contribution in [0.4, 0.5) is 15.9 Å². The Balaban J connectivity index is 1.61. The molecule has 1 saturated heterocycles. The Labute approximate surface area is 141 Å². The summed E-state index contributed by atoms with van der Waals surface area (Å²) in [6, 6.07) is 10.00. The lowest BCUT2D eigenvalue weighted by molar-refractivity contribution is 0.111. The lowest BCUT2D eigenvalue weighted by Gasteiger charge is -2.29. The summed E-state index contributed by atoms with van der Waals surface area (Å²) in [5.74, 6) is 0.934. The van der Waals surface area contributed by atoms with E-state index in [1.807, 2.05) is 6.07 Å².